The second-order valence-corrected chi connectivity index (χ2v) is 7.09. The van der Waals surface area contributed by atoms with Gasteiger partial charge in [0, 0.05) is 6.42 Å². The van der Waals surface area contributed by atoms with Crippen LogP contribution in [0.1, 0.15) is 23.6 Å². The number of esters is 1. The summed E-state index contributed by atoms with van der Waals surface area (Å²) in [5.74, 6) is -0.431. The van der Waals surface area contributed by atoms with Crippen LogP contribution >= 0.6 is 0 Å². The smallest absolute Gasteiger partial charge is 0.326 e. The molecule has 0 aliphatic carbocycles. The monoisotopic (exact) mass is 396 g/mol. The Morgan fingerprint density at radius 2 is 1.86 bits per heavy atom. The third-order valence-corrected chi connectivity index (χ3v) is 5.03. The van der Waals surface area contributed by atoms with Crippen molar-refractivity contribution in [3.05, 3.63) is 65.2 Å². The summed E-state index contributed by atoms with van der Waals surface area (Å²) in [5, 5.41) is 2.69. The van der Waals surface area contributed by atoms with Crippen LogP contribution < -0.4 is 10.1 Å². The van der Waals surface area contributed by atoms with Crippen molar-refractivity contribution in [1.82, 2.24) is 10.2 Å². The lowest BCUT2D eigenvalue weighted by Gasteiger charge is -2.23. The van der Waals surface area contributed by atoms with E-state index < -0.39 is 30.0 Å². The number of ether oxygens (including phenoxy) is 2. The largest absolute Gasteiger partial charge is 0.496 e. The van der Waals surface area contributed by atoms with Gasteiger partial charge in [0.1, 0.15) is 17.8 Å². The first-order chi connectivity index (χ1) is 13.8. The number of carbonyl (C=O) groups is 3. The Morgan fingerprint density at radius 1 is 1.14 bits per heavy atom. The number of rotatable bonds is 7. The van der Waals surface area contributed by atoms with Crippen molar-refractivity contribution in [1.29, 1.82) is 0 Å². The van der Waals surface area contributed by atoms with Gasteiger partial charge in [0.25, 0.3) is 5.91 Å². The number of imide groups is 1. The van der Waals surface area contributed by atoms with Gasteiger partial charge in [-0.25, -0.2) is 4.79 Å². The molecule has 152 valence electrons. The predicted octanol–water partition coefficient (Wildman–Crippen LogP) is 2.56. The van der Waals surface area contributed by atoms with Gasteiger partial charge >= 0.3 is 12.0 Å². The number of hydrogen-bond acceptors (Lipinski definition) is 5. The average molecular weight is 396 g/mol. The van der Waals surface area contributed by atoms with Crippen LogP contribution in [0.3, 0.4) is 0 Å². The first kappa shape index (κ1) is 20.4. The van der Waals surface area contributed by atoms with Gasteiger partial charge in [-0.15, -0.1) is 0 Å². The highest BCUT2D eigenvalue weighted by atomic mass is 16.5. The first-order valence-electron chi connectivity index (χ1n) is 9.34. The molecule has 2 aromatic rings. The Hall–Kier alpha value is -3.35. The molecule has 1 saturated heterocycles. The van der Waals surface area contributed by atoms with Crippen molar-refractivity contribution in [3.8, 4) is 5.75 Å². The number of urea groups is 1. The summed E-state index contributed by atoms with van der Waals surface area (Å²) in [4.78, 5) is 38.4. The maximum Gasteiger partial charge on any atom is 0.326 e. The molecule has 0 saturated carbocycles. The van der Waals surface area contributed by atoms with Crippen molar-refractivity contribution in [2.75, 3.05) is 20.3 Å². The lowest BCUT2D eigenvalue weighted by Crippen LogP contribution is -2.41. The van der Waals surface area contributed by atoms with E-state index in [0.717, 1.165) is 16.0 Å². The van der Waals surface area contributed by atoms with Crippen LogP contribution in [0.25, 0.3) is 0 Å². The number of nitrogens with zero attached hydrogens (tertiary/aromatic N) is 1. The summed E-state index contributed by atoms with van der Waals surface area (Å²) >= 11 is 0. The Labute approximate surface area is 169 Å². The molecule has 0 aromatic heterocycles. The van der Waals surface area contributed by atoms with Gasteiger partial charge in [-0.05, 0) is 42.7 Å². The summed E-state index contributed by atoms with van der Waals surface area (Å²) in [6.07, 6.45) is 0.565. The van der Waals surface area contributed by atoms with Crippen molar-refractivity contribution in [3.63, 3.8) is 0 Å². The average Bonchev–Trinajstić information content (AvgIpc) is 2.92. The van der Waals surface area contributed by atoms with Crippen LogP contribution in [0.2, 0.25) is 0 Å². The van der Waals surface area contributed by atoms with Crippen LogP contribution in [0.5, 0.6) is 5.75 Å². The molecule has 1 aliphatic heterocycles. The molecule has 29 heavy (non-hydrogen) atoms. The van der Waals surface area contributed by atoms with Gasteiger partial charge in [-0.1, -0.05) is 36.4 Å². The Balaban J connectivity index is 1.63. The number of hydrogen-bond donors (Lipinski definition) is 1. The SMILES string of the molecule is COc1ccc(C2(C)NC(=O)N(CC(=O)OCCc3ccccc3)C2=O)cc1C. The molecule has 0 radical (unpaired) electrons. The molecule has 7 nitrogen and oxygen atoms in total. The van der Waals surface area contributed by atoms with E-state index in [9.17, 15) is 14.4 Å². The van der Waals surface area contributed by atoms with E-state index in [1.165, 1.54) is 0 Å². The van der Waals surface area contributed by atoms with E-state index in [1.54, 1.807) is 32.2 Å². The minimum atomic E-state index is -1.25. The number of amides is 3. The zero-order valence-electron chi connectivity index (χ0n) is 16.7. The quantitative estimate of drug-likeness (QED) is 0.574. The van der Waals surface area contributed by atoms with Crippen molar-refractivity contribution >= 4 is 17.9 Å². The van der Waals surface area contributed by atoms with E-state index in [2.05, 4.69) is 5.32 Å². The summed E-state index contributed by atoms with van der Waals surface area (Å²) in [6.45, 7) is 3.23. The number of methoxy groups -OCH3 is 1. The third-order valence-electron chi connectivity index (χ3n) is 5.03. The fourth-order valence-corrected chi connectivity index (χ4v) is 3.33. The van der Waals surface area contributed by atoms with Crippen LogP contribution in [0.15, 0.2) is 48.5 Å². The third kappa shape index (κ3) is 4.23. The normalized spacial score (nSPS) is 18.5. The minimum absolute atomic E-state index is 0.182. The minimum Gasteiger partial charge on any atom is -0.496 e. The number of aryl methyl sites for hydroxylation is 1. The highest BCUT2D eigenvalue weighted by molar-refractivity contribution is 6.08. The fraction of sp³-hybridized carbons (Fsp3) is 0.318. The molecule has 1 N–H and O–H groups in total. The van der Waals surface area contributed by atoms with E-state index in [4.69, 9.17) is 9.47 Å². The standard InChI is InChI=1S/C22H24N2O5/c1-15-13-17(9-10-18(15)28-3)22(2)20(26)24(21(27)23-22)14-19(25)29-12-11-16-7-5-4-6-8-16/h4-10,13H,11-12,14H2,1-3H3,(H,23,27). The topological polar surface area (TPSA) is 84.9 Å². The highest BCUT2D eigenvalue weighted by Gasteiger charge is 2.49. The van der Waals surface area contributed by atoms with E-state index in [0.29, 0.717) is 17.7 Å². The molecule has 1 aliphatic rings. The second kappa shape index (κ2) is 8.34. The lowest BCUT2D eigenvalue weighted by molar-refractivity contribution is -0.147. The Kier molecular flexibility index (Phi) is 5.87. The zero-order valence-corrected chi connectivity index (χ0v) is 16.7. The van der Waals surface area contributed by atoms with Crippen LogP contribution in [-0.2, 0) is 26.3 Å². The van der Waals surface area contributed by atoms with Gasteiger partial charge in [0.15, 0.2) is 0 Å². The van der Waals surface area contributed by atoms with Gasteiger partial charge < -0.3 is 14.8 Å². The van der Waals surface area contributed by atoms with Gasteiger partial charge in [0.05, 0.1) is 13.7 Å². The van der Waals surface area contributed by atoms with Crippen LogP contribution in [0, 0.1) is 6.92 Å². The first-order valence-corrected chi connectivity index (χ1v) is 9.34. The highest BCUT2D eigenvalue weighted by Crippen LogP contribution is 2.31. The van der Waals surface area contributed by atoms with Crippen molar-refractivity contribution < 1.29 is 23.9 Å². The Morgan fingerprint density at radius 3 is 2.52 bits per heavy atom. The second-order valence-electron chi connectivity index (χ2n) is 7.09. The fourth-order valence-electron chi connectivity index (χ4n) is 3.33. The van der Waals surface area contributed by atoms with Crippen molar-refractivity contribution in [2.45, 2.75) is 25.8 Å². The molecule has 1 fully saturated rings. The predicted molar refractivity (Wildman–Crippen MR) is 106 cm³/mol. The molecular formula is C22H24N2O5. The summed E-state index contributed by atoms with van der Waals surface area (Å²) in [5.41, 5.74) is 1.25. The van der Waals surface area contributed by atoms with Crippen LogP contribution in [-0.4, -0.2) is 43.1 Å². The summed E-state index contributed by atoms with van der Waals surface area (Å²) in [6, 6.07) is 14.2. The number of nitrogens with one attached hydrogen (secondary N) is 1. The number of benzene rings is 2. The van der Waals surface area contributed by atoms with Gasteiger partial charge in [-0.2, -0.15) is 0 Å². The molecule has 3 amide bonds. The molecule has 0 bridgehead atoms. The molecule has 3 rings (SSSR count). The maximum atomic E-state index is 12.9. The van der Waals surface area contributed by atoms with E-state index in [1.807, 2.05) is 37.3 Å². The molecule has 1 heterocycles. The summed E-state index contributed by atoms with van der Waals surface area (Å²) in [7, 11) is 1.57. The van der Waals surface area contributed by atoms with Gasteiger partial charge in [-0.3, -0.25) is 14.5 Å². The molecule has 7 heteroatoms. The maximum absolute atomic E-state index is 12.9. The van der Waals surface area contributed by atoms with Crippen molar-refractivity contribution in [2.24, 2.45) is 0 Å². The molecule has 0 spiro atoms. The molecular weight excluding hydrogens is 372 g/mol. The summed E-state index contributed by atoms with van der Waals surface area (Å²) < 4.78 is 10.4. The molecule has 1 unspecified atom stereocenters. The van der Waals surface area contributed by atoms with E-state index in [-0.39, 0.29) is 6.61 Å². The molecule has 2 aromatic carbocycles. The number of carbonyl (C=O) groups excluding carboxylic acids is 3. The Bertz CT molecular complexity index is 928. The molecule has 1 atom stereocenters. The zero-order chi connectivity index (χ0) is 21.0. The lowest BCUT2D eigenvalue weighted by atomic mass is 9.90. The van der Waals surface area contributed by atoms with E-state index >= 15 is 0 Å². The van der Waals surface area contributed by atoms with Crippen LogP contribution in [0.4, 0.5) is 4.79 Å². The van der Waals surface area contributed by atoms with Gasteiger partial charge in [0.2, 0.25) is 0 Å².